The van der Waals surface area contributed by atoms with Gasteiger partial charge in [-0.05, 0) is 61.1 Å². The van der Waals surface area contributed by atoms with Crippen molar-refractivity contribution in [2.45, 2.75) is 19.5 Å². The molecule has 3 rings (SSSR count). The molecule has 1 heterocycles. The molecule has 0 spiro atoms. The van der Waals surface area contributed by atoms with Crippen LogP contribution in [-0.4, -0.2) is 20.7 Å². The van der Waals surface area contributed by atoms with Gasteiger partial charge in [0.25, 0.3) is 0 Å². The van der Waals surface area contributed by atoms with Crippen LogP contribution in [0.2, 0.25) is 5.02 Å². The number of nitriles is 1. The molecule has 1 aromatic heterocycles. The highest BCUT2D eigenvalue weighted by Gasteiger charge is 2.15. The third-order valence-corrected chi connectivity index (χ3v) is 4.64. The first-order valence-electron chi connectivity index (χ1n) is 8.18. The molecule has 136 valence electrons. The van der Waals surface area contributed by atoms with Crippen molar-refractivity contribution in [2.75, 3.05) is 0 Å². The second kappa shape index (κ2) is 8.16. The van der Waals surface area contributed by atoms with E-state index in [4.69, 9.17) is 29.1 Å². The van der Waals surface area contributed by atoms with Gasteiger partial charge in [0, 0.05) is 10.6 Å². The molecule has 0 fully saturated rings. The Labute approximate surface area is 166 Å². The number of halogens is 1. The number of carbonyl (C=O) groups excluding carboxylic acids is 1. The standard InChI is InChI=1S/C19H16ClN5OS/c1-12(14-4-2-13(10-21)3-5-14)22-17(26)11-25-18(23-24-19(25)27)15-6-8-16(20)9-7-15/h2-9,12H,11H2,1H3,(H,22,26)(H,24,27). The molecule has 1 unspecified atom stereocenters. The largest absolute Gasteiger partial charge is 0.348 e. The topological polar surface area (TPSA) is 86.5 Å². The predicted molar refractivity (Wildman–Crippen MR) is 106 cm³/mol. The van der Waals surface area contributed by atoms with Crippen molar-refractivity contribution in [3.05, 3.63) is 69.5 Å². The molecule has 27 heavy (non-hydrogen) atoms. The Kier molecular flexibility index (Phi) is 5.69. The van der Waals surface area contributed by atoms with Gasteiger partial charge < -0.3 is 5.32 Å². The number of amides is 1. The number of benzene rings is 2. The molecular weight excluding hydrogens is 382 g/mol. The smallest absolute Gasteiger partial charge is 0.240 e. The van der Waals surface area contributed by atoms with E-state index < -0.39 is 0 Å². The second-order valence-electron chi connectivity index (χ2n) is 5.97. The van der Waals surface area contributed by atoms with Crippen molar-refractivity contribution < 1.29 is 4.79 Å². The lowest BCUT2D eigenvalue weighted by atomic mass is 10.1. The van der Waals surface area contributed by atoms with Gasteiger partial charge in [-0.1, -0.05) is 23.7 Å². The van der Waals surface area contributed by atoms with Crippen LogP contribution in [0.3, 0.4) is 0 Å². The number of carbonyl (C=O) groups is 1. The normalized spacial score (nSPS) is 11.6. The van der Waals surface area contributed by atoms with Gasteiger partial charge in [0.15, 0.2) is 10.6 Å². The summed E-state index contributed by atoms with van der Waals surface area (Å²) in [4.78, 5) is 12.5. The van der Waals surface area contributed by atoms with Crippen molar-refractivity contribution in [3.8, 4) is 17.5 Å². The van der Waals surface area contributed by atoms with E-state index in [-0.39, 0.29) is 18.5 Å². The molecule has 0 saturated heterocycles. The van der Waals surface area contributed by atoms with E-state index in [0.29, 0.717) is 21.2 Å². The van der Waals surface area contributed by atoms with Gasteiger partial charge in [-0.2, -0.15) is 10.4 Å². The van der Waals surface area contributed by atoms with E-state index in [0.717, 1.165) is 11.1 Å². The first-order chi connectivity index (χ1) is 13.0. The van der Waals surface area contributed by atoms with Crippen LogP contribution in [0.1, 0.15) is 24.1 Å². The first-order valence-corrected chi connectivity index (χ1v) is 8.97. The van der Waals surface area contributed by atoms with Crippen LogP contribution in [-0.2, 0) is 11.3 Å². The molecule has 0 aliphatic rings. The maximum absolute atomic E-state index is 12.5. The Morgan fingerprint density at radius 3 is 2.59 bits per heavy atom. The van der Waals surface area contributed by atoms with Crippen LogP contribution in [0.5, 0.6) is 0 Å². The molecule has 0 aliphatic carbocycles. The van der Waals surface area contributed by atoms with Gasteiger partial charge in [-0.15, -0.1) is 0 Å². The minimum absolute atomic E-state index is 0.0356. The zero-order chi connectivity index (χ0) is 19.4. The van der Waals surface area contributed by atoms with E-state index in [9.17, 15) is 4.79 Å². The molecule has 1 atom stereocenters. The quantitative estimate of drug-likeness (QED) is 0.637. The van der Waals surface area contributed by atoms with Gasteiger partial charge in [-0.25, -0.2) is 0 Å². The predicted octanol–water partition coefficient (Wildman–Crippen LogP) is 4.01. The molecule has 3 aromatic rings. The van der Waals surface area contributed by atoms with Crippen LogP contribution in [0.4, 0.5) is 0 Å². The summed E-state index contributed by atoms with van der Waals surface area (Å²) in [6.07, 6.45) is 0. The van der Waals surface area contributed by atoms with Crippen molar-refractivity contribution in [1.29, 1.82) is 5.26 Å². The lowest BCUT2D eigenvalue weighted by Crippen LogP contribution is -2.30. The number of hydrogen-bond donors (Lipinski definition) is 2. The highest BCUT2D eigenvalue weighted by atomic mass is 35.5. The number of nitrogens with one attached hydrogen (secondary N) is 2. The fourth-order valence-electron chi connectivity index (χ4n) is 2.64. The second-order valence-corrected chi connectivity index (χ2v) is 6.79. The Hall–Kier alpha value is -2.95. The van der Waals surface area contributed by atoms with E-state index in [2.05, 4.69) is 21.6 Å². The monoisotopic (exact) mass is 397 g/mol. The molecule has 0 aliphatic heterocycles. The average Bonchev–Trinajstić information content (AvgIpc) is 3.03. The molecule has 0 saturated carbocycles. The number of rotatable bonds is 5. The van der Waals surface area contributed by atoms with Gasteiger partial charge in [0.05, 0.1) is 17.7 Å². The third-order valence-electron chi connectivity index (χ3n) is 4.08. The van der Waals surface area contributed by atoms with Gasteiger partial charge in [0.2, 0.25) is 5.91 Å². The van der Waals surface area contributed by atoms with E-state index in [1.54, 1.807) is 28.8 Å². The Morgan fingerprint density at radius 1 is 1.30 bits per heavy atom. The van der Waals surface area contributed by atoms with E-state index >= 15 is 0 Å². The lowest BCUT2D eigenvalue weighted by molar-refractivity contribution is -0.122. The minimum atomic E-state index is -0.203. The van der Waals surface area contributed by atoms with Crippen molar-refractivity contribution in [3.63, 3.8) is 0 Å². The summed E-state index contributed by atoms with van der Waals surface area (Å²) in [6.45, 7) is 1.92. The van der Waals surface area contributed by atoms with Gasteiger partial charge in [0.1, 0.15) is 6.54 Å². The maximum atomic E-state index is 12.5. The maximum Gasteiger partial charge on any atom is 0.240 e. The number of nitrogens with zero attached hydrogens (tertiary/aromatic N) is 3. The summed E-state index contributed by atoms with van der Waals surface area (Å²) >= 11 is 11.2. The zero-order valence-electron chi connectivity index (χ0n) is 14.4. The number of H-pyrrole nitrogens is 1. The van der Waals surface area contributed by atoms with Crippen LogP contribution in [0, 0.1) is 16.1 Å². The number of aromatic amines is 1. The zero-order valence-corrected chi connectivity index (χ0v) is 16.0. The summed E-state index contributed by atoms with van der Waals surface area (Å²) in [5, 5.41) is 19.4. The average molecular weight is 398 g/mol. The molecule has 8 heteroatoms. The van der Waals surface area contributed by atoms with Crippen molar-refractivity contribution in [1.82, 2.24) is 20.1 Å². The highest BCUT2D eigenvalue weighted by Crippen LogP contribution is 2.20. The molecule has 1 amide bonds. The summed E-state index contributed by atoms with van der Waals surface area (Å²) in [5.74, 6) is 0.373. The Morgan fingerprint density at radius 2 is 1.96 bits per heavy atom. The first kappa shape index (κ1) is 18.8. The van der Waals surface area contributed by atoms with Crippen LogP contribution in [0.15, 0.2) is 48.5 Å². The highest BCUT2D eigenvalue weighted by molar-refractivity contribution is 7.71. The molecular formula is C19H16ClN5OS. The summed E-state index contributed by atoms with van der Waals surface area (Å²) in [7, 11) is 0. The fourth-order valence-corrected chi connectivity index (χ4v) is 2.97. The van der Waals surface area contributed by atoms with Crippen molar-refractivity contribution in [2.24, 2.45) is 0 Å². The van der Waals surface area contributed by atoms with Crippen LogP contribution in [0.25, 0.3) is 11.4 Å². The number of hydrogen-bond acceptors (Lipinski definition) is 4. The third kappa shape index (κ3) is 4.42. The lowest BCUT2D eigenvalue weighted by Gasteiger charge is -2.15. The number of aromatic nitrogens is 3. The fraction of sp³-hybridized carbons (Fsp3) is 0.158. The van der Waals surface area contributed by atoms with Gasteiger partial charge in [-0.3, -0.25) is 14.5 Å². The molecule has 2 N–H and O–H groups in total. The molecule has 2 aromatic carbocycles. The molecule has 0 bridgehead atoms. The molecule has 6 nitrogen and oxygen atoms in total. The minimum Gasteiger partial charge on any atom is -0.348 e. The molecule has 0 radical (unpaired) electrons. The SMILES string of the molecule is CC(NC(=O)Cn1c(-c2ccc(Cl)cc2)n[nH]c1=S)c1ccc(C#N)cc1. The van der Waals surface area contributed by atoms with Crippen LogP contribution >= 0.6 is 23.8 Å². The van der Waals surface area contributed by atoms with Crippen molar-refractivity contribution >= 4 is 29.7 Å². The Bertz CT molecular complexity index is 1050. The Balaban J connectivity index is 1.74. The summed E-state index contributed by atoms with van der Waals surface area (Å²) < 4.78 is 2.00. The van der Waals surface area contributed by atoms with Gasteiger partial charge >= 0.3 is 0 Å². The summed E-state index contributed by atoms with van der Waals surface area (Å²) in [6, 6.07) is 16.1. The van der Waals surface area contributed by atoms with E-state index in [1.165, 1.54) is 0 Å². The summed E-state index contributed by atoms with van der Waals surface area (Å²) in [5.41, 5.74) is 2.30. The van der Waals surface area contributed by atoms with Crippen LogP contribution < -0.4 is 5.32 Å². The van der Waals surface area contributed by atoms with E-state index in [1.807, 2.05) is 31.2 Å².